The number of hydrogen-bond acceptors (Lipinski definition) is 5. The molecule has 2 aliphatic rings. The fourth-order valence-electron chi connectivity index (χ4n) is 5.08. The Hall–Kier alpha value is -1.95. The molecule has 1 aliphatic heterocycles. The van der Waals surface area contributed by atoms with Crippen LogP contribution in [0.2, 0.25) is 0 Å². The lowest BCUT2D eigenvalue weighted by Crippen LogP contribution is -2.43. The van der Waals surface area contributed by atoms with Crippen molar-refractivity contribution in [3.63, 3.8) is 0 Å². The number of benzene rings is 1. The highest BCUT2D eigenvalue weighted by Crippen LogP contribution is 2.36. The molecule has 5 nitrogen and oxygen atoms in total. The predicted octanol–water partition coefficient (Wildman–Crippen LogP) is 5.92. The maximum Gasteiger partial charge on any atom is 0.225 e. The van der Waals surface area contributed by atoms with Crippen LogP contribution in [0.4, 0.5) is 0 Å². The Morgan fingerprint density at radius 1 is 1.13 bits per heavy atom. The fourth-order valence-corrected chi connectivity index (χ4v) is 6.05. The van der Waals surface area contributed by atoms with Gasteiger partial charge in [0.15, 0.2) is 0 Å². The van der Waals surface area contributed by atoms with Crippen LogP contribution in [0, 0.1) is 11.8 Å². The first-order chi connectivity index (χ1) is 15.2. The maximum atomic E-state index is 13.2. The topological polar surface area (TPSA) is 55.3 Å². The predicted molar refractivity (Wildman–Crippen MR) is 125 cm³/mol. The molecule has 2 aromatic rings. The van der Waals surface area contributed by atoms with Gasteiger partial charge in [0.05, 0.1) is 7.11 Å². The summed E-state index contributed by atoms with van der Waals surface area (Å²) >= 11 is 1.66. The van der Waals surface area contributed by atoms with Gasteiger partial charge in [-0.3, -0.25) is 4.79 Å². The summed E-state index contributed by atoms with van der Waals surface area (Å²) in [4.78, 5) is 15.3. The molecule has 168 valence electrons. The van der Waals surface area contributed by atoms with E-state index in [0.717, 1.165) is 66.0 Å². The lowest BCUT2D eigenvalue weighted by Gasteiger charge is -2.36. The van der Waals surface area contributed by atoms with Gasteiger partial charge in [-0.25, -0.2) is 0 Å². The number of nitrogens with zero attached hydrogens (tertiary/aromatic N) is 3. The van der Waals surface area contributed by atoms with E-state index in [-0.39, 0.29) is 5.92 Å². The van der Waals surface area contributed by atoms with Crippen LogP contribution in [0.25, 0.3) is 10.6 Å². The normalized spacial score (nSPS) is 24.2. The number of methoxy groups -OCH3 is 1. The highest BCUT2D eigenvalue weighted by atomic mass is 32.1. The molecule has 1 unspecified atom stereocenters. The summed E-state index contributed by atoms with van der Waals surface area (Å²) in [5, 5.41) is 10.9. The largest absolute Gasteiger partial charge is 0.497 e. The molecule has 4 rings (SSSR count). The minimum absolute atomic E-state index is 0.237. The number of unbranched alkanes of at least 4 members (excludes halogenated alkanes) is 1. The van der Waals surface area contributed by atoms with Gasteiger partial charge in [0.1, 0.15) is 15.8 Å². The molecule has 0 bridgehead atoms. The number of rotatable bonds is 7. The molecule has 1 saturated heterocycles. The van der Waals surface area contributed by atoms with Crippen LogP contribution in [0.1, 0.15) is 75.6 Å². The van der Waals surface area contributed by atoms with Crippen molar-refractivity contribution in [1.82, 2.24) is 15.1 Å². The maximum absolute atomic E-state index is 13.2. The lowest BCUT2D eigenvalue weighted by molar-refractivity contribution is -0.138. The molecule has 1 amide bonds. The Bertz CT molecular complexity index is 843. The van der Waals surface area contributed by atoms with Crippen LogP contribution < -0.4 is 4.74 Å². The van der Waals surface area contributed by atoms with Crippen molar-refractivity contribution in [3.8, 4) is 16.3 Å². The molecule has 0 radical (unpaired) electrons. The van der Waals surface area contributed by atoms with Gasteiger partial charge >= 0.3 is 0 Å². The SMILES string of the molecule is CCCCC1CCC(C(=O)N2CCCC(c3nnc(-c4ccc(OC)cc4)s3)C2)CC1. The molecule has 1 aliphatic carbocycles. The number of amides is 1. The van der Waals surface area contributed by atoms with Gasteiger partial charge in [-0.1, -0.05) is 37.5 Å². The van der Waals surface area contributed by atoms with Crippen LogP contribution in [0.5, 0.6) is 5.75 Å². The van der Waals surface area contributed by atoms with Crippen LogP contribution in [-0.4, -0.2) is 41.2 Å². The highest BCUT2D eigenvalue weighted by molar-refractivity contribution is 7.14. The monoisotopic (exact) mass is 441 g/mol. The number of hydrogen-bond donors (Lipinski definition) is 0. The van der Waals surface area contributed by atoms with Crippen molar-refractivity contribution >= 4 is 17.2 Å². The Morgan fingerprint density at radius 2 is 1.90 bits per heavy atom. The number of ether oxygens (including phenoxy) is 1. The molecule has 0 spiro atoms. The van der Waals surface area contributed by atoms with Gasteiger partial charge in [0, 0.05) is 30.5 Å². The van der Waals surface area contributed by atoms with E-state index in [1.807, 2.05) is 24.3 Å². The van der Waals surface area contributed by atoms with Gasteiger partial charge < -0.3 is 9.64 Å². The number of aromatic nitrogens is 2. The number of carbonyl (C=O) groups excluding carboxylic acids is 1. The molecule has 1 aromatic heterocycles. The van der Waals surface area contributed by atoms with Crippen molar-refractivity contribution in [1.29, 1.82) is 0 Å². The van der Waals surface area contributed by atoms with Crippen LogP contribution in [0.15, 0.2) is 24.3 Å². The average Bonchev–Trinajstić information content (AvgIpc) is 3.33. The Labute approximate surface area is 190 Å². The summed E-state index contributed by atoms with van der Waals surface area (Å²) in [5.41, 5.74) is 1.06. The summed E-state index contributed by atoms with van der Waals surface area (Å²) in [7, 11) is 1.67. The van der Waals surface area contributed by atoms with E-state index in [2.05, 4.69) is 22.0 Å². The van der Waals surface area contributed by atoms with Crippen molar-refractivity contribution < 1.29 is 9.53 Å². The molecular formula is C25H35N3O2S. The first-order valence-electron chi connectivity index (χ1n) is 11.9. The number of piperidine rings is 1. The molecule has 0 N–H and O–H groups in total. The zero-order valence-electron chi connectivity index (χ0n) is 18.9. The number of likely N-dealkylation sites (tertiary alicyclic amines) is 1. The minimum Gasteiger partial charge on any atom is -0.497 e. The first kappa shape index (κ1) is 22.3. The van der Waals surface area contributed by atoms with Gasteiger partial charge in [0.2, 0.25) is 5.91 Å². The summed E-state index contributed by atoms with van der Waals surface area (Å²) in [5.74, 6) is 2.62. The zero-order valence-corrected chi connectivity index (χ0v) is 19.7. The molecule has 31 heavy (non-hydrogen) atoms. The molecule has 6 heteroatoms. The van der Waals surface area contributed by atoms with E-state index in [9.17, 15) is 4.79 Å². The molecule has 2 fully saturated rings. The third-order valence-electron chi connectivity index (χ3n) is 7.02. The van der Waals surface area contributed by atoms with Crippen LogP contribution in [-0.2, 0) is 4.79 Å². The standard InChI is InChI=1S/C25H35N3O2S/c1-3-4-6-18-8-10-20(11-9-18)25(29)28-16-5-7-21(17-28)24-27-26-23(31-24)19-12-14-22(30-2)15-13-19/h12-15,18,20-21H,3-11,16-17H2,1-2H3. The second-order valence-electron chi connectivity index (χ2n) is 9.16. The summed E-state index contributed by atoms with van der Waals surface area (Å²) in [6.45, 7) is 3.96. The Kier molecular flexibility index (Phi) is 7.59. The Balaban J connectivity index is 1.34. The van der Waals surface area contributed by atoms with E-state index >= 15 is 0 Å². The lowest BCUT2D eigenvalue weighted by atomic mass is 9.79. The van der Waals surface area contributed by atoms with E-state index in [1.165, 1.54) is 32.1 Å². The van der Waals surface area contributed by atoms with Gasteiger partial charge in [-0.05, 0) is 68.7 Å². The molecule has 1 aromatic carbocycles. The summed E-state index contributed by atoms with van der Waals surface area (Å²) in [6.07, 6.45) is 10.7. The zero-order chi connectivity index (χ0) is 21.6. The van der Waals surface area contributed by atoms with Crippen molar-refractivity contribution in [2.45, 2.75) is 70.6 Å². The quantitative estimate of drug-likeness (QED) is 0.535. The Morgan fingerprint density at radius 3 is 2.61 bits per heavy atom. The third-order valence-corrected chi connectivity index (χ3v) is 8.16. The van der Waals surface area contributed by atoms with E-state index in [0.29, 0.717) is 11.8 Å². The smallest absolute Gasteiger partial charge is 0.225 e. The fraction of sp³-hybridized carbons (Fsp3) is 0.640. The van der Waals surface area contributed by atoms with Crippen molar-refractivity contribution in [2.75, 3.05) is 20.2 Å². The van der Waals surface area contributed by atoms with Crippen LogP contribution in [0.3, 0.4) is 0 Å². The van der Waals surface area contributed by atoms with E-state index in [1.54, 1.807) is 18.4 Å². The second kappa shape index (κ2) is 10.6. The summed E-state index contributed by atoms with van der Waals surface area (Å²) < 4.78 is 5.24. The van der Waals surface area contributed by atoms with Gasteiger partial charge in [-0.2, -0.15) is 0 Å². The molecule has 1 saturated carbocycles. The third kappa shape index (κ3) is 5.46. The average molecular weight is 442 g/mol. The minimum atomic E-state index is 0.237. The second-order valence-corrected chi connectivity index (χ2v) is 10.2. The van der Waals surface area contributed by atoms with E-state index < -0.39 is 0 Å². The first-order valence-corrected chi connectivity index (χ1v) is 12.8. The molecule has 2 heterocycles. The number of carbonyl (C=O) groups is 1. The summed E-state index contributed by atoms with van der Waals surface area (Å²) in [6, 6.07) is 7.95. The van der Waals surface area contributed by atoms with Crippen molar-refractivity contribution in [3.05, 3.63) is 29.3 Å². The van der Waals surface area contributed by atoms with Gasteiger partial charge in [0.25, 0.3) is 0 Å². The highest BCUT2D eigenvalue weighted by Gasteiger charge is 2.33. The van der Waals surface area contributed by atoms with Gasteiger partial charge in [-0.15, -0.1) is 10.2 Å². The molecular weight excluding hydrogens is 406 g/mol. The van der Waals surface area contributed by atoms with Crippen molar-refractivity contribution in [2.24, 2.45) is 11.8 Å². The van der Waals surface area contributed by atoms with Crippen LogP contribution >= 0.6 is 11.3 Å². The van der Waals surface area contributed by atoms with E-state index in [4.69, 9.17) is 4.74 Å². The molecule has 1 atom stereocenters.